The molecule has 0 aliphatic rings. The number of ether oxygens (including phenoxy) is 3. The summed E-state index contributed by atoms with van der Waals surface area (Å²) in [5.74, 6) is 2.43. The van der Waals surface area contributed by atoms with E-state index in [-0.39, 0.29) is 24.0 Å². The van der Waals surface area contributed by atoms with Gasteiger partial charge in [0.05, 0.1) is 13.7 Å². The normalized spacial score (nSPS) is 10.7. The van der Waals surface area contributed by atoms with Gasteiger partial charge in [0.15, 0.2) is 5.96 Å². The minimum Gasteiger partial charge on any atom is -0.497 e. The molecule has 0 fully saturated rings. The van der Waals surface area contributed by atoms with Crippen LogP contribution in [0.2, 0.25) is 0 Å². The zero-order valence-corrected chi connectivity index (χ0v) is 17.2. The second kappa shape index (κ2) is 15.3. The van der Waals surface area contributed by atoms with Crippen molar-refractivity contribution >= 4 is 29.9 Å². The maximum atomic E-state index is 5.69. The van der Waals surface area contributed by atoms with Crippen LogP contribution in [0.1, 0.15) is 19.8 Å². The third-order valence-corrected chi connectivity index (χ3v) is 3.11. The zero-order chi connectivity index (χ0) is 16.8. The lowest BCUT2D eigenvalue weighted by Gasteiger charge is -2.12. The molecule has 0 spiro atoms. The number of guanidine groups is 1. The van der Waals surface area contributed by atoms with Gasteiger partial charge in [-0.2, -0.15) is 0 Å². The molecule has 0 bridgehead atoms. The molecular weight excluding hydrogens is 421 g/mol. The van der Waals surface area contributed by atoms with Crippen molar-refractivity contribution in [3.8, 4) is 11.5 Å². The first-order chi connectivity index (χ1) is 11.3. The van der Waals surface area contributed by atoms with Crippen LogP contribution < -0.4 is 20.1 Å². The SMILES string of the molecule is CCOCCCNC(=NC)NCCCOc1cccc(OC)c1.I. The Morgan fingerprint density at radius 2 is 1.75 bits per heavy atom. The fourth-order valence-electron chi connectivity index (χ4n) is 1.91. The summed E-state index contributed by atoms with van der Waals surface area (Å²) in [4.78, 5) is 4.18. The monoisotopic (exact) mass is 451 g/mol. The van der Waals surface area contributed by atoms with Crippen LogP contribution in [0.3, 0.4) is 0 Å². The van der Waals surface area contributed by atoms with Gasteiger partial charge in [-0.05, 0) is 31.9 Å². The van der Waals surface area contributed by atoms with Gasteiger partial charge in [0, 0.05) is 39.4 Å². The molecule has 24 heavy (non-hydrogen) atoms. The Morgan fingerprint density at radius 3 is 2.38 bits per heavy atom. The first-order valence-electron chi connectivity index (χ1n) is 8.09. The van der Waals surface area contributed by atoms with Crippen LogP contribution in [-0.4, -0.2) is 53.0 Å². The number of rotatable bonds is 11. The van der Waals surface area contributed by atoms with Crippen LogP contribution in [0.15, 0.2) is 29.3 Å². The molecule has 0 saturated carbocycles. The predicted octanol–water partition coefficient (Wildman–Crippen LogP) is 2.67. The van der Waals surface area contributed by atoms with E-state index in [0.717, 1.165) is 56.6 Å². The lowest BCUT2D eigenvalue weighted by molar-refractivity contribution is 0.145. The highest BCUT2D eigenvalue weighted by Crippen LogP contribution is 2.18. The maximum absolute atomic E-state index is 5.69. The van der Waals surface area contributed by atoms with Gasteiger partial charge in [0.25, 0.3) is 0 Å². The summed E-state index contributed by atoms with van der Waals surface area (Å²) in [6.07, 6.45) is 1.85. The molecule has 0 unspecified atom stereocenters. The minimum absolute atomic E-state index is 0. The summed E-state index contributed by atoms with van der Waals surface area (Å²) < 4.78 is 16.2. The van der Waals surface area contributed by atoms with Crippen molar-refractivity contribution in [2.45, 2.75) is 19.8 Å². The molecule has 1 rings (SSSR count). The van der Waals surface area contributed by atoms with E-state index in [9.17, 15) is 0 Å². The number of nitrogens with zero attached hydrogens (tertiary/aromatic N) is 1. The number of aliphatic imine (C=N–C) groups is 1. The standard InChI is InChI=1S/C17H29N3O3.HI/c1-4-22-12-6-10-19-17(18-2)20-11-7-13-23-16-9-5-8-15(14-16)21-3;/h5,8-9,14H,4,6-7,10-13H2,1-3H3,(H2,18,19,20);1H. The molecule has 0 saturated heterocycles. The number of hydrogen-bond acceptors (Lipinski definition) is 4. The molecule has 0 heterocycles. The van der Waals surface area contributed by atoms with Gasteiger partial charge in [0.2, 0.25) is 0 Å². The lowest BCUT2D eigenvalue weighted by Crippen LogP contribution is -2.38. The first kappa shape index (κ1) is 22.8. The Hall–Kier alpha value is -1.22. The summed E-state index contributed by atoms with van der Waals surface area (Å²) in [6.45, 7) is 5.83. The quantitative estimate of drug-likeness (QED) is 0.235. The average Bonchev–Trinajstić information content (AvgIpc) is 2.59. The minimum atomic E-state index is 0. The fourth-order valence-corrected chi connectivity index (χ4v) is 1.91. The molecule has 1 aromatic carbocycles. The Bertz CT molecular complexity index is 458. The Balaban J connectivity index is 0.00000529. The highest BCUT2D eigenvalue weighted by atomic mass is 127. The molecule has 138 valence electrons. The van der Waals surface area contributed by atoms with E-state index >= 15 is 0 Å². The third kappa shape index (κ3) is 10.5. The summed E-state index contributed by atoms with van der Waals surface area (Å²) >= 11 is 0. The Kier molecular flexibility index (Phi) is 14.5. The van der Waals surface area contributed by atoms with Crippen LogP contribution in [0.25, 0.3) is 0 Å². The molecule has 0 radical (unpaired) electrons. The third-order valence-electron chi connectivity index (χ3n) is 3.11. The largest absolute Gasteiger partial charge is 0.497 e. The summed E-state index contributed by atoms with van der Waals surface area (Å²) in [5.41, 5.74) is 0. The zero-order valence-electron chi connectivity index (χ0n) is 14.8. The molecule has 0 atom stereocenters. The van der Waals surface area contributed by atoms with Gasteiger partial charge in [-0.3, -0.25) is 4.99 Å². The summed E-state index contributed by atoms with van der Waals surface area (Å²) in [7, 11) is 3.42. The van der Waals surface area contributed by atoms with Gasteiger partial charge < -0.3 is 24.8 Å². The van der Waals surface area contributed by atoms with Gasteiger partial charge in [-0.1, -0.05) is 6.07 Å². The molecule has 2 N–H and O–H groups in total. The van der Waals surface area contributed by atoms with Crippen LogP contribution >= 0.6 is 24.0 Å². The maximum Gasteiger partial charge on any atom is 0.190 e. The van der Waals surface area contributed by atoms with E-state index in [2.05, 4.69) is 15.6 Å². The van der Waals surface area contributed by atoms with Crippen LogP contribution in [0.4, 0.5) is 0 Å². The number of benzene rings is 1. The van der Waals surface area contributed by atoms with E-state index in [0.29, 0.717) is 6.61 Å². The molecule has 6 nitrogen and oxygen atoms in total. The smallest absolute Gasteiger partial charge is 0.190 e. The summed E-state index contributed by atoms with van der Waals surface area (Å²) in [6, 6.07) is 7.62. The second-order valence-corrected chi connectivity index (χ2v) is 4.86. The van der Waals surface area contributed by atoms with Crippen molar-refractivity contribution in [2.75, 3.05) is 47.1 Å². The van der Waals surface area contributed by atoms with Crippen molar-refractivity contribution in [1.29, 1.82) is 0 Å². The van der Waals surface area contributed by atoms with Crippen molar-refractivity contribution in [3.05, 3.63) is 24.3 Å². The molecule has 1 aromatic rings. The van der Waals surface area contributed by atoms with Crippen molar-refractivity contribution in [3.63, 3.8) is 0 Å². The molecule has 0 amide bonds. The van der Waals surface area contributed by atoms with E-state index in [1.165, 1.54) is 0 Å². The summed E-state index contributed by atoms with van der Waals surface area (Å²) in [5, 5.41) is 6.52. The molecule has 7 heteroatoms. The van der Waals surface area contributed by atoms with Gasteiger partial charge in [-0.15, -0.1) is 24.0 Å². The highest BCUT2D eigenvalue weighted by molar-refractivity contribution is 14.0. The van der Waals surface area contributed by atoms with Crippen LogP contribution in [0, 0.1) is 0 Å². The van der Waals surface area contributed by atoms with Crippen LogP contribution in [-0.2, 0) is 4.74 Å². The Morgan fingerprint density at radius 1 is 1.08 bits per heavy atom. The topological polar surface area (TPSA) is 64.1 Å². The number of halogens is 1. The Labute approximate surface area is 162 Å². The number of methoxy groups -OCH3 is 1. The van der Waals surface area contributed by atoms with Gasteiger partial charge in [0.1, 0.15) is 11.5 Å². The number of hydrogen-bond donors (Lipinski definition) is 2. The van der Waals surface area contributed by atoms with E-state index in [1.807, 2.05) is 31.2 Å². The fraction of sp³-hybridized carbons (Fsp3) is 0.588. The lowest BCUT2D eigenvalue weighted by atomic mass is 10.3. The second-order valence-electron chi connectivity index (χ2n) is 4.86. The first-order valence-corrected chi connectivity index (χ1v) is 8.09. The number of nitrogens with one attached hydrogen (secondary N) is 2. The van der Waals surface area contributed by atoms with E-state index in [4.69, 9.17) is 14.2 Å². The average molecular weight is 451 g/mol. The molecule has 0 aliphatic heterocycles. The van der Waals surface area contributed by atoms with E-state index in [1.54, 1.807) is 14.2 Å². The van der Waals surface area contributed by atoms with E-state index < -0.39 is 0 Å². The van der Waals surface area contributed by atoms with Gasteiger partial charge >= 0.3 is 0 Å². The molecule has 0 aromatic heterocycles. The van der Waals surface area contributed by atoms with Crippen molar-refractivity contribution in [1.82, 2.24) is 10.6 Å². The van der Waals surface area contributed by atoms with Crippen LogP contribution in [0.5, 0.6) is 11.5 Å². The van der Waals surface area contributed by atoms with Crippen molar-refractivity contribution < 1.29 is 14.2 Å². The highest BCUT2D eigenvalue weighted by Gasteiger charge is 1.99. The van der Waals surface area contributed by atoms with Crippen molar-refractivity contribution in [2.24, 2.45) is 4.99 Å². The van der Waals surface area contributed by atoms with Gasteiger partial charge in [-0.25, -0.2) is 0 Å². The predicted molar refractivity (Wildman–Crippen MR) is 109 cm³/mol. The molecular formula is C17H30IN3O3. The molecule has 0 aliphatic carbocycles.